The van der Waals surface area contributed by atoms with Crippen molar-refractivity contribution < 1.29 is 18.4 Å². The van der Waals surface area contributed by atoms with Crippen LogP contribution in [0.25, 0.3) is 16.9 Å². The third-order valence-electron chi connectivity index (χ3n) is 11.7. The Balaban J connectivity index is 0.803. The lowest BCUT2D eigenvalue weighted by atomic mass is 10.0. The maximum Gasteiger partial charge on any atom is 0.328 e. The fraction of sp³-hybridized carbons (Fsp3) is 0.390. The van der Waals surface area contributed by atoms with E-state index in [-0.39, 0.29) is 18.0 Å². The van der Waals surface area contributed by atoms with Crippen LogP contribution >= 0.6 is 0 Å². The molecule has 4 aliphatic heterocycles. The third kappa shape index (κ3) is 7.23. The number of likely N-dealkylation sites (tertiary alicyclic amines) is 1. The number of piperazine rings is 1. The Kier molecular flexibility index (Phi) is 9.60. The van der Waals surface area contributed by atoms with Crippen molar-refractivity contribution in [3.05, 3.63) is 102 Å². The van der Waals surface area contributed by atoms with Crippen LogP contribution in [0, 0.1) is 11.6 Å². The molecular weight excluding hydrogens is 703 g/mol. The summed E-state index contributed by atoms with van der Waals surface area (Å²) < 4.78 is 30.2. The van der Waals surface area contributed by atoms with Crippen molar-refractivity contribution in [3.8, 4) is 11.3 Å². The Labute approximate surface area is 318 Å². The predicted octanol–water partition coefficient (Wildman–Crippen LogP) is 5.64. The summed E-state index contributed by atoms with van der Waals surface area (Å²) >= 11 is 0. The Morgan fingerprint density at radius 2 is 1.62 bits per heavy atom. The number of pyridine rings is 1. The summed E-state index contributed by atoms with van der Waals surface area (Å²) in [4.78, 5) is 45.1. The first-order chi connectivity index (χ1) is 26.9. The van der Waals surface area contributed by atoms with E-state index in [9.17, 15) is 18.4 Å². The predicted molar refractivity (Wildman–Crippen MR) is 206 cm³/mol. The van der Waals surface area contributed by atoms with Gasteiger partial charge in [0.2, 0.25) is 5.91 Å². The number of rotatable bonds is 8. The van der Waals surface area contributed by atoms with Crippen molar-refractivity contribution in [1.82, 2.24) is 34.7 Å². The summed E-state index contributed by atoms with van der Waals surface area (Å²) in [5, 5.41) is 6.96. The van der Waals surface area contributed by atoms with E-state index >= 15 is 0 Å². The van der Waals surface area contributed by atoms with Gasteiger partial charge in [-0.25, -0.2) is 28.1 Å². The van der Waals surface area contributed by atoms with Gasteiger partial charge in [-0.1, -0.05) is 24.3 Å². The summed E-state index contributed by atoms with van der Waals surface area (Å²) in [5.41, 5.74) is 4.84. The van der Waals surface area contributed by atoms with E-state index in [1.54, 1.807) is 21.7 Å². The topological polar surface area (TPSA) is 105 Å². The van der Waals surface area contributed by atoms with Gasteiger partial charge in [0, 0.05) is 81.8 Å². The molecule has 0 unspecified atom stereocenters. The number of amides is 3. The number of carbonyl (C=O) groups excluding carboxylic acids is 2. The van der Waals surface area contributed by atoms with Crippen LogP contribution in [0.3, 0.4) is 0 Å². The number of nitrogens with zero attached hydrogens (tertiary/aromatic N) is 9. The van der Waals surface area contributed by atoms with Gasteiger partial charge in [-0.05, 0) is 80.7 Å². The summed E-state index contributed by atoms with van der Waals surface area (Å²) in [6.45, 7) is 7.89. The first kappa shape index (κ1) is 35.2. The van der Waals surface area contributed by atoms with E-state index in [0.717, 1.165) is 113 Å². The summed E-state index contributed by atoms with van der Waals surface area (Å²) in [6.07, 6.45) is 7.93. The summed E-state index contributed by atoms with van der Waals surface area (Å²) in [7, 11) is 0. The molecule has 0 spiro atoms. The van der Waals surface area contributed by atoms with Gasteiger partial charge < -0.3 is 9.80 Å². The number of nitrogens with one attached hydrogen (secondary N) is 1. The van der Waals surface area contributed by atoms with Crippen LogP contribution in [-0.4, -0.2) is 99.7 Å². The van der Waals surface area contributed by atoms with Crippen LogP contribution in [0.2, 0.25) is 0 Å². The molecule has 4 aliphatic rings. The Bertz CT molecular complexity index is 2200. The second-order valence-electron chi connectivity index (χ2n) is 15.0. The number of carbonyl (C=O) groups is 2. The maximum absolute atomic E-state index is 14.8. The first-order valence-electron chi connectivity index (χ1n) is 19.3. The summed E-state index contributed by atoms with van der Waals surface area (Å²) in [5.74, 6) is 0.344. The Morgan fingerprint density at radius 1 is 0.800 bits per heavy atom. The van der Waals surface area contributed by atoms with Crippen LogP contribution in [-0.2, 0) is 11.3 Å². The van der Waals surface area contributed by atoms with Crippen molar-refractivity contribution in [2.45, 2.75) is 50.7 Å². The number of aromatic nitrogens is 4. The van der Waals surface area contributed by atoms with Crippen LogP contribution in [0.5, 0.6) is 0 Å². The van der Waals surface area contributed by atoms with Crippen molar-refractivity contribution in [2.24, 2.45) is 0 Å². The zero-order valence-corrected chi connectivity index (χ0v) is 30.7. The van der Waals surface area contributed by atoms with Crippen molar-refractivity contribution in [2.75, 3.05) is 67.1 Å². The van der Waals surface area contributed by atoms with Crippen LogP contribution in [0.4, 0.5) is 30.9 Å². The number of fused-ring (bicyclic) bond motifs is 1. The van der Waals surface area contributed by atoms with Gasteiger partial charge in [0.25, 0.3) is 0 Å². The number of hydrogen-bond donors (Lipinski definition) is 1. The molecule has 4 saturated heterocycles. The minimum absolute atomic E-state index is 0.216. The van der Waals surface area contributed by atoms with Crippen molar-refractivity contribution in [1.29, 1.82) is 0 Å². The fourth-order valence-corrected chi connectivity index (χ4v) is 8.69. The molecular formula is C41H44F2N10O2. The lowest BCUT2D eigenvalue weighted by Crippen LogP contribution is -2.53. The largest absolute Gasteiger partial charge is 0.354 e. The molecule has 2 aromatic carbocycles. The quantitative estimate of drug-likeness (QED) is 0.216. The van der Waals surface area contributed by atoms with Crippen LogP contribution in [0.15, 0.2) is 79.1 Å². The zero-order chi connectivity index (χ0) is 37.5. The molecule has 0 bridgehead atoms. The number of piperidine rings is 1. The maximum atomic E-state index is 14.8. The lowest BCUT2D eigenvalue weighted by molar-refractivity contribution is -0.120. The van der Waals surface area contributed by atoms with E-state index in [2.05, 4.69) is 48.2 Å². The minimum Gasteiger partial charge on any atom is -0.354 e. The van der Waals surface area contributed by atoms with Crippen LogP contribution in [0.1, 0.15) is 49.3 Å². The van der Waals surface area contributed by atoms with E-state index < -0.39 is 11.6 Å². The van der Waals surface area contributed by atoms with Gasteiger partial charge in [-0.2, -0.15) is 5.10 Å². The molecule has 12 nitrogen and oxygen atoms in total. The smallest absolute Gasteiger partial charge is 0.328 e. The molecule has 3 aromatic heterocycles. The molecule has 284 valence electrons. The molecule has 0 saturated carbocycles. The second-order valence-corrected chi connectivity index (χ2v) is 15.0. The van der Waals surface area contributed by atoms with E-state index in [1.165, 1.54) is 11.6 Å². The van der Waals surface area contributed by atoms with E-state index in [4.69, 9.17) is 9.97 Å². The zero-order valence-electron chi connectivity index (χ0n) is 30.7. The minimum atomic E-state index is -0.576. The number of benzene rings is 2. The highest BCUT2D eigenvalue weighted by Crippen LogP contribution is 2.37. The highest BCUT2D eigenvalue weighted by atomic mass is 19.1. The molecule has 3 amide bonds. The molecule has 5 aromatic rings. The Morgan fingerprint density at radius 3 is 2.40 bits per heavy atom. The van der Waals surface area contributed by atoms with Gasteiger partial charge in [0.15, 0.2) is 5.65 Å². The average Bonchev–Trinajstić information content (AvgIpc) is 3.87. The van der Waals surface area contributed by atoms with Gasteiger partial charge in [-0.3, -0.25) is 24.8 Å². The highest BCUT2D eigenvalue weighted by Gasteiger charge is 2.31. The molecule has 1 atom stereocenters. The molecule has 1 N–H and O–H groups in total. The number of imide groups is 1. The number of anilines is 3. The fourth-order valence-electron chi connectivity index (χ4n) is 8.69. The van der Waals surface area contributed by atoms with E-state index in [0.29, 0.717) is 30.2 Å². The SMILES string of the molecule is O=C1CCN(c2ccc(CN3CCC(N4CCN(c5cccc(-c6cnn7ccc(N8CCC[C@@H]8c8ccc(F)cc8F)nc67)n5)CC4)CC3)cc2)C(=O)N1. The van der Waals surface area contributed by atoms with E-state index in [1.807, 2.05) is 36.5 Å². The second kappa shape index (κ2) is 15.0. The molecule has 4 fully saturated rings. The monoisotopic (exact) mass is 746 g/mol. The lowest BCUT2D eigenvalue weighted by Gasteiger charge is -2.43. The molecule has 14 heteroatoms. The molecule has 55 heavy (non-hydrogen) atoms. The number of urea groups is 1. The Hall–Kier alpha value is -5.47. The van der Waals surface area contributed by atoms with Crippen molar-refractivity contribution >= 4 is 34.9 Å². The third-order valence-corrected chi connectivity index (χ3v) is 11.7. The number of halogens is 2. The van der Waals surface area contributed by atoms with Crippen LogP contribution < -0.4 is 20.0 Å². The molecule has 7 heterocycles. The summed E-state index contributed by atoms with van der Waals surface area (Å²) in [6, 6.07) is 19.9. The normalized spacial score (nSPS) is 20.5. The number of hydrogen-bond acceptors (Lipinski definition) is 9. The molecule has 9 rings (SSSR count). The highest BCUT2D eigenvalue weighted by molar-refractivity contribution is 6.05. The first-order valence-corrected chi connectivity index (χ1v) is 19.3. The van der Waals surface area contributed by atoms with Gasteiger partial charge in [0.1, 0.15) is 23.3 Å². The molecule has 0 aliphatic carbocycles. The average molecular weight is 747 g/mol. The standard InChI is InChI=1S/C41H44F2N10O2/c42-29-8-11-32(34(43)25-29)36-4-2-16-52(36)38-14-20-53-40(46-38)33(26-44-53)35-3-1-5-37(45-35)50-23-21-49(22-24-50)30-12-17-48(18-13-30)27-28-6-9-31(10-7-28)51-19-15-39(54)47-41(51)55/h1,3,5-11,14,20,25-26,30,36H,2,4,12-13,15-19,21-24,27H2,(H,47,54,55)/t36-/m1/s1. The van der Waals surface area contributed by atoms with Gasteiger partial charge in [0.05, 0.1) is 23.5 Å². The van der Waals surface area contributed by atoms with Crippen molar-refractivity contribution in [3.63, 3.8) is 0 Å². The van der Waals surface area contributed by atoms with Gasteiger partial charge >= 0.3 is 6.03 Å². The molecule has 0 radical (unpaired) electrons. The van der Waals surface area contributed by atoms with Gasteiger partial charge in [-0.15, -0.1) is 0 Å².